The minimum Gasteiger partial charge on any atom is -0.374 e. The monoisotopic (exact) mass is 214 g/mol. The summed E-state index contributed by atoms with van der Waals surface area (Å²) in [7, 11) is 0. The summed E-state index contributed by atoms with van der Waals surface area (Å²) in [4.78, 5) is 23.4. The second kappa shape index (κ2) is 2.95. The van der Waals surface area contributed by atoms with Gasteiger partial charge in [0, 0.05) is 11.9 Å². The van der Waals surface area contributed by atoms with Gasteiger partial charge in [0.2, 0.25) is 11.6 Å². The third-order valence-corrected chi connectivity index (χ3v) is 3.00. The number of fused-ring (bicyclic) bond motifs is 2. The first-order valence-electron chi connectivity index (χ1n) is 5.10. The number of allylic oxidation sites excluding steroid dienone is 3. The number of hydrogen-bond donors (Lipinski definition) is 1. The first kappa shape index (κ1) is 9.15. The molecule has 16 heavy (non-hydrogen) atoms. The van der Waals surface area contributed by atoms with E-state index in [1.54, 1.807) is 0 Å². The number of aryl methyl sites for hydroxylation is 1. The highest BCUT2D eigenvalue weighted by molar-refractivity contribution is 6.32. The summed E-state index contributed by atoms with van der Waals surface area (Å²) in [6.07, 6.45) is 4.48. The van der Waals surface area contributed by atoms with Crippen LogP contribution < -0.4 is 5.32 Å². The van der Waals surface area contributed by atoms with Crippen LogP contribution in [0.5, 0.6) is 0 Å². The number of carbonyl (C=O) groups excluding carboxylic acids is 2. The number of carbonyl (C=O) groups is 2. The second-order valence-corrected chi connectivity index (χ2v) is 3.95. The summed E-state index contributed by atoms with van der Waals surface area (Å²) in [6, 6.07) is 1.95. The first-order valence-corrected chi connectivity index (χ1v) is 5.10. The minimum atomic E-state index is -0.133. The van der Waals surface area contributed by atoms with Crippen molar-refractivity contribution in [3.63, 3.8) is 0 Å². The van der Waals surface area contributed by atoms with Crippen LogP contribution in [-0.4, -0.2) is 16.1 Å². The fourth-order valence-corrected chi connectivity index (χ4v) is 2.13. The van der Waals surface area contributed by atoms with Gasteiger partial charge in [-0.15, -0.1) is 0 Å². The highest BCUT2D eigenvalue weighted by Crippen LogP contribution is 2.26. The summed E-state index contributed by atoms with van der Waals surface area (Å²) in [5.74, 6) is -0.259. The number of nitrogens with zero attached hydrogens (tertiary/aromatic N) is 1. The van der Waals surface area contributed by atoms with Crippen LogP contribution in [0.2, 0.25) is 0 Å². The normalized spacial score (nSPS) is 18.3. The average molecular weight is 214 g/mol. The molecule has 1 N–H and O–H groups in total. The summed E-state index contributed by atoms with van der Waals surface area (Å²) in [6.45, 7) is 2.58. The average Bonchev–Trinajstić information content (AvgIpc) is 2.66. The fraction of sp³-hybridized carbons (Fsp3) is 0.167. The van der Waals surface area contributed by atoms with E-state index < -0.39 is 0 Å². The van der Waals surface area contributed by atoms with Gasteiger partial charge < -0.3 is 9.88 Å². The number of hydrogen-bond acceptors (Lipinski definition) is 3. The highest BCUT2D eigenvalue weighted by atomic mass is 16.1. The molecular formula is C12H10N2O2. The molecule has 80 valence electrons. The molecule has 0 spiro atoms. The number of rotatable bonds is 0. The SMILES string of the molecule is Cc1ccn2c1CNC1=C2C(=O)C=CC1=O. The lowest BCUT2D eigenvalue weighted by Gasteiger charge is -2.24. The fourth-order valence-electron chi connectivity index (χ4n) is 2.13. The molecular weight excluding hydrogens is 204 g/mol. The van der Waals surface area contributed by atoms with Crippen LogP contribution in [0.3, 0.4) is 0 Å². The molecule has 0 fully saturated rings. The van der Waals surface area contributed by atoms with Crippen molar-refractivity contribution in [3.8, 4) is 0 Å². The number of ketones is 2. The van der Waals surface area contributed by atoms with Crippen molar-refractivity contribution in [3.05, 3.63) is 41.4 Å². The molecule has 3 rings (SSSR count). The molecule has 1 aromatic heterocycles. The van der Waals surface area contributed by atoms with Crippen LogP contribution in [0, 0.1) is 6.92 Å². The van der Waals surface area contributed by atoms with E-state index >= 15 is 0 Å². The van der Waals surface area contributed by atoms with E-state index in [-0.39, 0.29) is 11.6 Å². The minimum absolute atomic E-state index is 0.126. The van der Waals surface area contributed by atoms with Crippen LogP contribution in [-0.2, 0) is 16.1 Å². The quantitative estimate of drug-likeness (QED) is 0.649. The lowest BCUT2D eigenvalue weighted by atomic mass is 10.0. The largest absolute Gasteiger partial charge is 0.374 e. The molecule has 4 nitrogen and oxygen atoms in total. The maximum Gasteiger partial charge on any atom is 0.204 e. The predicted octanol–water partition coefficient (Wildman–Crippen LogP) is 0.776. The molecule has 4 heteroatoms. The van der Waals surface area contributed by atoms with Crippen LogP contribution in [0.15, 0.2) is 30.1 Å². The molecule has 2 heterocycles. The van der Waals surface area contributed by atoms with E-state index in [2.05, 4.69) is 5.32 Å². The summed E-state index contributed by atoms with van der Waals surface area (Å²) in [5, 5.41) is 3.02. The standard InChI is InChI=1S/C12H10N2O2/c1-7-4-5-14-8(7)6-13-11-9(15)2-3-10(16)12(11)14/h2-5,13H,6H2,1H3. The smallest absolute Gasteiger partial charge is 0.204 e. The van der Waals surface area contributed by atoms with E-state index in [4.69, 9.17) is 0 Å². The maximum absolute atomic E-state index is 11.8. The zero-order chi connectivity index (χ0) is 11.3. The molecule has 1 aliphatic heterocycles. The third kappa shape index (κ3) is 1.04. The Balaban J connectivity index is 2.26. The van der Waals surface area contributed by atoms with Gasteiger partial charge in [0.1, 0.15) is 11.4 Å². The molecule has 0 saturated heterocycles. The number of aromatic nitrogens is 1. The van der Waals surface area contributed by atoms with Crippen molar-refractivity contribution in [2.75, 3.05) is 0 Å². The van der Waals surface area contributed by atoms with Crippen molar-refractivity contribution in [2.24, 2.45) is 0 Å². The van der Waals surface area contributed by atoms with E-state index in [0.29, 0.717) is 17.9 Å². The number of nitrogens with one attached hydrogen (secondary N) is 1. The van der Waals surface area contributed by atoms with E-state index in [9.17, 15) is 9.59 Å². The lowest BCUT2D eigenvalue weighted by Crippen LogP contribution is -2.33. The van der Waals surface area contributed by atoms with Gasteiger partial charge in [-0.3, -0.25) is 9.59 Å². The van der Waals surface area contributed by atoms with Gasteiger partial charge in [-0.1, -0.05) is 0 Å². The van der Waals surface area contributed by atoms with Gasteiger partial charge in [0.05, 0.1) is 6.54 Å². The van der Waals surface area contributed by atoms with Gasteiger partial charge in [-0.25, -0.2) is 0 Å². The van der Waals surface area contributed by atoms with Crippen molar-refractivity contribution >= 4 is 17.3 Å². The molecule has 1 aromatic rings. The van der Waals surface area contributed by atoms with E-state index in [1.807, 2.05) is 23.8 Å². The Kier molecular flexibility index (Phi) is 1.68. The lowest BCUT2D eigenvalue weighted by molar-refractivity contribution is -0.114. The van der Waals surface area contributed by atoms with Gasteiger partial charge in [0.25, 0.3) is 0 Å². The van der Waals surface area contributed by atoms with Gasteiger partial charge >= 0.3 is 0 Å². The Morgan fingerprint density at radius 3 is 2.81 bits per heavy atom. The van der Waals surface area contributed by atoms with E-state index in [0.717, 1.165) is 11.3 Å². The molecule has 0 saturated carbocycles. The van der Waals surface area contributed by atoms with Crippen LogP contribution >= 0.6 is 0 Å². The van der Waals surface area contributed by atoms with Crippen molar-refractivity contribution in [1.82, 2.24) is 9.88 Å². The van der Waals surface area contributed by atoms with Crippen molar-refractivity contribution < 1.29 is 9.59 Å². The summed E-state index contributed by atoms with van der Waals surface area (Å²) < 4.78 is 1.81. The predicted molar refractivity (Wildman–Crippen MR) is 58.4 cm³/mol. The molecule has 0 unspecified atom stereocenters. The Morgan fingerprint density at radius 2 is 2.00 bits per heavy atom. The van der Waals surface area contributed by atoms with Crippen molar-refractivity contribution in [1.29, 1.82) is 0 Å². The zero-order valence-electron chi connectivity index (χ0n) is 8.78. The Hall–Kier alpha value is -2.10. The van der Waals surface area contributed by atoms with Crippen LogP contribution in [0.25, 0.3) is 5.70 Å². The molecule has 0 atom stereocenters. The Morgan fingerprint density at radius 1 is 1.25 bits per heavy atom. The molecule has 0 aromatic carbocycles. The van der Waals surface area contributed by atoms with Crippen molar-refractivity contribution in [2.45, 2.75) is 13.5 Å². The summed E-state index contributed by atoms with van der Waals surface area (Å²) >= 11 is 0. The molecule has 0 amide bonds. The second-order valence-electron chi connectivity index (χ2n) is 3.95. The van der Waals surface area contributed by atoms with Crippen LogP contribution in [0.4, 0.5) is 0 Å². The summed E-state index contributed by atoms with van der Waals surface area (Å²) in [5.41, 5.74) is 3.02. The molecule has 1 aliphatic carbocycles. The topological polar surface area (TPSA) is 51.1 Å². The van der Waals surface area contributed by atoms with Gasteiger partial charge in [0.15, 0.2) is 0 Å². The zero-order valence-corrected chi connectivity index (χ0v) is 8.78. The van der Waals surface area contributed by atoms with Gasteiger partial charge in [-0.05, 0) is 30.7 Å². The van der Waals surface area contributed by atoms with Crippen LogP contribution in [0.1, 0.15) is 11.3 Å². The Labute approximate surface area is 92.3 Å². The highest BCUT2D eigenvalue weighted by Gasteiger charge is 2.29. The van der Waals surface area contributed by atoms with Gasteiger partial charge in [-0.2, -0.15) is 0 Å². The molecule has 0 bridgehead atoms. The van der Waals surface area contributed by atoms with E-state index in [1.165, 1.54) is 12.2 Å². The Bertz CT molecular complexity index is 576. The molecule has 2 aliphatic rings. The molecule has 0 radical (unpaired) electrons. The third-order valence-electron chi connectivity index (χ3n) is 3.00. The maximum atomic E-state index is 11.8. The first-order chi connectivity index (χ1) is 7.68.